The predicted octanol–water partition coefficient (Wildman–Crippen LogP) is 4.23. The molecular weight excluding hydrogens is 488 g/mol. The SMILES string of the molecule is CC[C@@H](C(=O)NC(C)(C)C)N(Cc1ccccc1)C(=O)CCCN(c1ccc(F)c(F)c1)S(C)(=O)=O. The zero-order valence-electron chi connectivity index (χ0n) is 21.4. The summed E-state index contributed by atoms with van der Waals surface area (Å²) in [4.78, 5) is 27.9. The molecule has 2 rings (SSSR count). The van der Waals surface area contributed by atoms with Crippen LogP contribution < -0.4 is 9.62 Å². The van der Waals surface area contributed by atoms with E-state index in [0.717, 1.165) is 28.3 Å². The van der Waals surface area contributed by atoms with Crippen LogP contribution in [0.3, 0.4) is 0 Å². The van der Waals surface area contributed by atoms with Crippen molar-refractivity contribution < 1.29 is 26.8 Å². The number of carbonyl (C=O) groups is 2. The molecule has 0 aliphatic carbocycles. The minimum absolute atomic E-state index is 0.0269. The van der Waals surface area contributed by atoms with E-state index in [0.29, 0.717) is 6.42 Å². The molecule has 0 unspecified atom stereocenters. The normalized spacial score (nSPS) is 12.6. The summed E-state index contributed by atoms with van der Waals surface area (Å²) in [6.45, 7) is 7.51. The van der Waals surface area contributed by atoms with Gasteiger partial charge in [0.05, 0.1) is 11.9 Å². The van der Waals surface area contributed by atoms with E-state index in [-0.39, 0.29) is 43.4 Å². The zero-order chi connectivity index (χ0) is 27.1. The number of amides is 2. The monoisotopic (exact) mass is 523 g/mol. The van der Waals surface area contributed by atoms with Crippen molar-refractivity contribution in [1.82, 2.24) is 10.2 Å². The summed E-state index contributed by atoms with van der Waals surface area (Å²) < 4.78 is 52.6. The quantitative estimate of drug-likeness (QED) is 0.478. The van der Waals surface area contributed by atoms with E-state index < -0.39 is 33.2 Å². The second kappa shape index (κ2) is 12.3. The Bertz CT molecular complexity index is 1150. The van der Waals surface area contributed by atoms with Gasteiger partial charge in [-0.15, -0.1) is 0 Å². The number of halogens is 2. The van der Waals surface area contributed by atoms with Crippen LogP contribution in [0.1, 0.15) is 52.5 Å². The topological polar surface area (TPSA) is 86.8 Å². The first kappa shape index (κ1) is 29.2. The number of hydrogen-bond donors (Lipinski definition) is 1. The number of nitrogens with one attached hydrogen (secondary N) is 1. The minimum Gasteiger partial charge on any atom is -0.350 e. The molecule has 1 N–H and O–H groups in total. The van der Waals surface area contributed by atoms with Gasteiger partial charge in [-0.3, -0.25) is 13.9 Å². The fourth-order valence-electron chi connectivity index (χ4n) is 3.80. The molecule has 0 aliphatic rings. The molecule has 0 fully saturated rings. The minimum atomic E-state index is -3.81. The summed E-state index contributed by atoms with van der Waals surface area (Å²) in [7, 11) is -3.81. The average molecular weight is 524 g/mol. The highest BCUT2D eigenvalue weighted by molar-refractivity contribution is 7.92. The van der Waals surface area contributed by atoms with Gasteiger partial charge in [0, 0.05) is 31.1 Å². The molecule has 0 aliphatic heterocycles. The molecule has 0 radical (unpaired) electrons. The molecule has 0 heterocycles. The highest BCUT2D eigenvalue weighted by atomic mass is 32.2. The van der Waals surface area contributed by atoms with Crippen molar-refractivity contribution in [3.63, 3.8) is 0 Å². The molecule has 0 spiro atoms. The van der Waals surface area contributed by atoms with Gasteiger partial charge in [0.25, 0.3) is 0 Å². The number of anilines is 1. The molecular formula is C26H35F2N3O4S. The van der Waals surface area contributed by atoms with Crippen LogP contribution in [0.2, 0.25) is 0 Å². The maximum absolute atomic E-state index is 13.7. The number of benzene rings is 2. The lowest BCUT2D eigenvalue weighted by Gasteiger charge is -2.33. The Labute approximate surface area is 212 Å². The van der Waals surface area contributed by atoms with Gasteiger partial charge in [-0.25, -0.2) is 17.2 Å². The van der Waals surface area contributed by atoms with Crippen LogP contribution in [0.15, 0.2) is 48.5 Å². The van der Waals surface area contributed by atoms with Crippen LogP contribution in [-0.2, 0) is 26.2 Å². The second-order valence-corrected chi connectivity index (χ2v) is 11.6. The van der Waals surface area contributed by atoms with Gasteiger partial charge < -0.3 is 10.2 Å². The third-order valence-corrected chi connectivity index (χ3v) is 6.62. The summed E-state index contributed by atoms with van der Waals surface area (Å²) in [6.07, 6.45) is 1.43. The first-order valence-corrected chi connectivity index (χ1v) is 13.7. The van der Waals surface area contributed by atoms with Crippen molar-refractivity contribution in [3.8, 4) is 0 Å². The highest BCUT2D eigenvalue weighted by Crippen LogP contribution is 2.22. The summed E-state index contributed by atoms with van der Waals surface area (Å²) in [5, 5.41) is 2.93. The Kier molecular flexibility index (Phi) is 9.98. The molecule has 0 bridgehead atoms. The molecule has 198 valence electrons. The van der Waals surface area contributed by atoms with E-state index >= 15 is 0 Å². The third kappa shape index (κ3) is 8.58. The Morgan fingerprint density at radius 1 is 1.03 bits per heavy atom. The molecule has 0 aromatic heterocycles. The Balaban J connectivity index is 2.22. The first-order chi connectivity index (χ1) is 16.7. The van der Waals surface area contributed by atoms with Gasteiger partial charge in [0.1, 0.15) is 6.04 Å². The van der Waals surface area contributed by atoms with Gasteiger partial charge in [-0.1, -0.05) is 37.3 Å². The fourth-order valence-corrected chi connectivity index (χ4v) is 4.75. The Hall–Kier alpha value is -3.01. The van der Waals surface area contributed by atoms with E-state index in [1.54, 1.807) is 0 Å². The lowest BCUT2D eigenvalue weighted by atomic mass is 10.0. The van der Waals surface area contributed by atoms with Crippen LogP contribution >= 0.6 is 0 Å². The highest BCUT2D eigenvalue weighted by Gasteiger charge is 2.30. The third-order valence-electron chi connectivity index (χ3n) is 5.42. The summed E-state index contributed by atoms with van der Waals surface area (Å²) >= 11 is 0. The molecule has 2 amide bonds. The first-order valence-electron chi connectivity index (χ1n) is 11.8. The molecule has 10 heteroatoms. The maximum atomic E-state index is 13.7. The molecule has 36 heavy (non-hydrogen) atoms. The van der Waals surface area contributed by atoms with Crippen LogP contribution in [0.25, 0.3) is 0 Å². The van der Waals surface area contributed by atoms with Gasteiger partial charge in [-0.05, 0) is 51.3 Å². The molecule has 1 atom stereocenters. The number of hydrogen-bond acceptors (Lipinski definition) is 4. The van der Waals surface area contributed by atoms with Crippen molar-refractivity contribution in [1.29, 1.82) is 0 Å². The predicted molar refractivity (Wildman–Crippen MR) is 137 cm³/mol. The van der Waals surface area contributed by atoms with Gasteiger partial charge in [0.2, 0.25) is 21.8 Å². The Morgan fingerprint density at radius 2 is 1.67 bits per heavy atom. The molecule has 0 saturated carbocycles. The van der Waals surface area contributed by atoms with Crippen molar-refractivity contribution >= 4 is 27.5 Å². The molecule has 7 nitrogen and oxygen atoms in total. The van der Waals surface area contributed by atoms with Crippen molar-refractivity contribution in [2.75, 3.05) is 17.1 Å². The second-order valence-electron chi connectivity index (χ2n) is 9.71. The summed E-state index contributed by atoms with van der Waals surface area (Å²) in [5.41, 5.74) is 0.347. The number of carbonyl (C=O) groups excluding carboxylic acids is 2. The van der Waals surface area contributed by atoms with Crippen molar-refractivity contribution in [2.24, 2.45) is 0 Å². The smallest absolute Gasteiger partial charge is 0.243 e. The molecule has 0 saturated heterocycles. The number of nitrogens with zero attached hydrogens (tertiary/aromatic N) is 2. The standard InChI is InChI=1S/C26H35F2N3O4S/c1-6-23(25(33)29-26(2,3)4)30(18-19-11-8-7-9-12-19)24(32)13-10-16-31(36(5,34)35)20-14-15-21(27)22(28)17-20/h7-9,11-12,14-15,17,23H,6,10,13,16,18H2,1-5H3,(H,29,33)/t23-/m0/s1. The maximum Gasteiger partial charge on any atom is 0.243 e. The zero-order valence-corrected chi connectivity index (χ0v) is 22.2. The van der Waals surface area contributed by atoms with E-state index in [1.807, 2.05) is 58.0 Å². The molecule has 2 aromatic rings. The average Bonchev–Trinajstić information content (AvgIpc) is 2.77. The van der Waals surface area contributed by atoms with E-state index in [4.69, 9.17) is 0 Å². The van der Waals surface area contributed by atoms with Gasteiger partial charge in [0.15, 0.2) is 11.6 Å². The Morgan fingerprint density at radius 3 is 2.19 bits per heavy atom. The van der Waals surface area contributed by atoms with Crippen molar-refractivity contribution in [3.05, 3.63) is 65.7 Å². The van der Waals surface area contributed by atoms with Crippen LogP contribution in [0, 0.1) is 11.6 Å². The summed E-state index contributed by atoms with van der Waals surface area (Å²) in [5.74, 6) is -2.83. The van der Waals surface area contributed by atoms with E-state index in [1.165, 1.54) is 11.0 Å². The van der Waals surface area contributed by atoms with Crippen LogP contribution in [-0.4, -0.2) is 49.5 Å². The van der Waals surface area contributed by atoms with E-state index in [9.17, 15) is 26.8 Å². The van der Waals surface area contributed by atoms with E-state index in [2.05, 4.69) is 5.32 Å². The molecule has 2 aromatic carbocycles. The van der Waals surface area contributed by atoms with Crippen LogP contribution in [0.4, 0.5) is 14.5 Å². The van der Waals surface area contributed by atoms with Gasteiger partial charge in [-0.2, -0.15) is 0 Å². The lowest BCUT2D eigenvalue weighted by molar-refractivity contribution is -0.142. The fraction of sp³-hybridized carbons (Fsp3) is 0.462. The number of sulfonamides is 1. The number of rotatable bonds is 11. The van der Waals surface area contributed by atoms with Gasteiger partial charge >= 0.3 is 0 Å². The largest absolute Gasteiger partial charge is 0.350 e. The summed E-state index contributed by atoms with van der Waals surface area (Å²) in [6, 6.07) is 11.4. The van der Waals surface area contributed by atoms with Crippen molar-refractivity contribution in [2.45, 2.75) is 65.1 Å². The van der Waals surface area contributed by atoms with Crippen LogP contribution in [0.5, 0.6) is 0 Å². The lowest BCUT2D eigenvalue weighted by Crippen LogP contribution is -2.53.